The third-order valence-corrected chi connectivity index (χ3v) is 8.46. The minimum atomic E-state index is -4.23. The summed E-state index contributed by atoms with van der Waals surface area (Å²) in [6, 6.07) is 18.3. The van der Waals surface area contributed by atoms with Gasteiger partial charge in [-0.15, -0.1) is 0 Å². The molecule has 1 aliphatic heterocycles. The number of rotatable bonds is 10. The molecule has 0 atom stereocenters. The highest BCUT2D eigenvalue weighted by atomic mass is 32.2. The SMILES string of the molecule is CN1CCC(CCOc2ccc(-c3cc(Nc4ccc(NS(=O)(=O)c5ccc(F)cc5F)cc4)ncn3)cc2)CC1.O=CO. The second kappa shape index (κ2) is 15.2. The number of nitrogens with zero attached hydrogens (tertiary/aromatic N) is 3. The van der Waals surface area contributed by atoms with E-state index in [0.717, 1.165) is 54.6 Å². The summed E-state index contributed by atoms with van der Waals surface area (Å²) in [4.78, 5) is 18.7. The molecule has 0 aliphatic carbocycles. The summed E-state index contributed by atoms with van der Waals surface area (Å²) >= 11 is 0. The van der Waals surface area contributed by atoms with Crippen molar-refractivity contribution >= 4 is 33.7 Å². The van der Waals surface area contributed by atoms with Gasteiger partial charge in [-0.3, -0.25) is 9.52 Å². The summed E-state index contributed by atoms with van der Waals surface area (Å²) in [7, 11) is -2.06. The van der Waals surface area contributed by atoms with Gasteiger partial charge in [-0.2, -0.15) is 0 Å². The fourth-order valence-electron chi connectivity index (χ4n) is 4.67. The van der Waals surface area contributed by atoms with E-state index < -0.39 is 26.6 Å². The summed E-state index contributed by atoms with van der Waals surface area (Å²) in [6.45, 7) is 2.77. The molecule has 232 valence electrons. The average Bonchev–Trinajstić information content (AvgIpc) is 3.00. The quantitative estimate of drug-likeness (QED) is 0.188. The van der Waals surface area contributed by atoms with Crippen molar-refractivity contribution in [3.05, 3.63) is 90.8 Å². The Balaban J connectivity index is 0.00000141. The number of carboxylic acid groups (broad SMARTS) is 1. The maximum atomic E-state index is 14.0. The second-order valence-corrected chi connectivity index (χ2v) is 11.8. The van der Waals surface area contributed by atoms with Crippen LogP contribution in [0.2, 0.25) is 0 Å². The monoisotopic (exact) mass is 625 g/mol. The number of nitrogens with one attached hydrogen (secondary N) is 2. The van der Waals surface area contributed by atoms with Gasteiger partial charge in [0.15, 0.2) is 0 Å². The molecule has 10 nitrogen and oxygen atoms in total. The lowest BCUT2D eigenvalue weighted by atomic mass is 9.94. The average molecular weight is 626 g/mol. The molecule has 44 heavy (non-hydrogen) atoms. The maximum absolute atomic E-state index is 14.0. The van der Waals surface area contributed by atoms with Crippen molar-refractivity contribution in [1.29, 1.82) is 0 Å². The van der Waals surface area contributed by atoms with Crippen LogP contribution in [0.1, 0.15) is 19.3 Å². The number of benzene rings is 3. The first-order chi connectivity index (χ1) is 21.2. The third kappa shape index (κ3) is 9.19. The van der Waals surface area contributed by atoms with Crippen molar-refractivity contribution in [3.63, 3.8) is 0 Å². The fourth-order valence-corrected chi connectivity index (χ4v) is 5.79. The van der Waals surface area contributed by atoms with Gasteiger partial charge >= 0.3 is 0 Å². The van der Waals surface area contributed by atoms with Crippen LogP contribution in [0.15, 0.2) is 84.0 Å². The maximum Gasteiger partial charge on any atom is 0.290 e. The lowest BCUT2D eigenvalue weighted by molar-refractivity contribution is -0.122. The summed E-state index contributed by atoms with van der Waals surface area (Å²) in [6.07, 6.45) is 4.98. The van der Waals surface area contributed by atoms with Crippen molar-refractivity contribution in [2.45, 2.75) is 24.2 Å². The molecule has 2 heterocycles. The molecule has 3 N–H and O–H groups in total. The Hall–Kier alpha value is -4.62. The number of aromatic nitrogens is 2. The fraction of sp³-hybridized carbons (Fsp3) is 0.258. The van der Waals surface area contributed by atoms with E-state index >= 15 is 0 Å². The van der Waals surface area contributed by atoms with Crippen LogP contribution in [0.3, 0.4) is 0 Å². The Morgan fingerprint density at radius 1 is 0.977 bits per heavy atom. The largest absolute Gasteiger partial charge is 0.494 e. The van der Waals surface area contributed by atoms with Crippen LogP contribution < -0.4 is 14.8 Å². The Morgan fingerprint density at radius 3 is 2.30 bits per heavy atom. The minimum Gasteiger partial charge on any atom is -0.494 e. The standard InChI is InChI=1S/C30H31F2N5O3S.CH2O2/c1-37-15-12-21(13-16-37)14-17-40-26-9-2-22(3-10-26)28-19-30(34-20-33-28)35-24-5-7-25(8-6-24)36-41(38,39)29-11-4-23(31)18-27(29)32;2-1-3/h2-11,18-21,36H,12-17H2,1H3,(H,33,34,35);1H,(H,2,3). The molecule has 0 spiro atoms. The molecule has 1 fully saturated rings. The molecule has 1 aliphatic rings. The number of halogens is 2. The first-order valence-corrected chi connectivity index (χ1v) is 15.3. The molecular weight excluding hydrogens is 592 g/mol. The predicted octanol–water partition coefficient (Wildman–Crippen LogP) is 5.78. The van der Waals surface area contributed by atoms with Crippen LogP contribution in [-0.2, 0) is 14.8 Å². The van der Waals surface area contributed by atoms with E-state index in [0.29, 0.717) is 24.2 Å². The molecule has 0 unspecified atom stereocenters. The van der Waals surface area contributed by atoms with E-state index in [-0.39, 0.29) is 12.2 Å². The zero-order valence-corrected chi connectivity index (χ0v) is 24.8. The number of likely N-dealkylation sites (tertiary alicyclic amines) is 1. The van der Waals surface area contributed by atoms with Gasteiger partial charge in [-0.1, -0.05) is 0 Å². The van der Waals surface area contributed by atoms with Gasteiger partial charge in [0.2, 0.25) is 0 Å². The van der Waals surface area contributed by atoms with Crippen LogP contribution in [0.25, 0.3) is 11.3 Å². The summed E-state index contributed by atoms with van der Waals surface area (Å²) in [5.41, 5.74) is 2.51. The molecule has 13 heteroatoms. The Bertz CT molecular complexity index is 1630. The Morgan fingerprint density at radius 2 is 1.64 bits per heavy atom. The molecule has 0 saturated carbocycles. The normalized spacial score (nSPS) is 13.8. The van der Waals surface area contributed by atoms with E-state index in [1.807, 2.05) is 30.3 Å². The van der Waals surface area contributed by atoms with Gasteiger partial charge < -0.3 is 20.1 Å². The number of hydrogen-bond donors (Lipinski definition) is 3. The number of sulfonamides is 1. The van der Waals surface area contributed by atoms with Crippen molar-refractivity contribution in [3.8, 4) is 17.0 Å². The summed E-state index contributed by atoms with van der Waals surface area (Å²) < 4.78 is 60.4. The summed E-state index contributed by atoms with van der Waals surface area (Å²) in [5.74, 6) is 0.0796. The van der Waals surface area contributed by atoms with Crippen LogP contribution in [0.5, 0.6) is 5.75 Å². The van der Waals surface area contributed by atoms with Gasteiger partial charge in [0.25, 0.3) is 16.5 Å². The van der Waals surface area contributed by atoms with E-state index in [4.69, 9.17) is 14.6 Å². The highest BCUT2D eigenvalue weighted by molar-refractivity contribution is 7.92. The predicted molar refractivity (Wildman–Crippen MR) is 163 cm³/mol. The number of ether oxygens (including phenoxy) is 1. The first-order valence-electron chi connectivity index (χ1n) is 13.8. The van der Waals surface area contributed by atoms with Crippen LogP contribution in [0.4, 0.5) is 26.0 Å². The van der Waals surface area contributed by atoms with E-state index in [2.05, 4.69) is 32.0 Å². The van der Waals surface area contributed by atoms with E-state index in [1.165, 1.54) is 31.3 Å². The van der Waals surface area contributed by atoms with E-state index in [9.17, 15) is 17.2 Å². The lowest BCUT2D eigenvalue weighted by Gasteiger charge is -2.28. The number of piperidine rings is 1. The Kier molecular flexibility index (Phi) is 11.2. The highest BCUT2D eigenvalue weighted by Crippen LogP contribution is 2.26. The van der Waals surface area contributed by atoms with Crippen LogP contribution in [-0.4, -0.2) is 61.6 Å². The molecule has 1 aromatic heterocycles. The topological polar surface area (TPSA) is 134 Å². The van der Waals surface area contributed by atoms with Gasteiger partial charge in [0.1, 0.15) is 34.4 Å². The molecule has 1 saturated heterocycles. The second-order valence-electron chi connectivity index (χ2n) is 10.2. The van der Waals surface area contributed by atoms with Gasteiger partial charge in [-0.25, -0.2) is 27.2 Å². The number of hydrogen-bond acceptors (Lipinski definition) is 8. The molecule has 5 rings (SSSR count). The summed E-state index contributed by atoms with van der Waals surface area (Å²) in [5, 5.41) is 10.1. The zero-order chi connectivity index (χ0) is 31.5. The molecule has 0 bridgehead atoms. The van der Waals surface area contributed by atoms with Crippen molar-refractivity contribution in [2.75, 3.05) is 36.8 Å². The highest BCUT2D eigenvalue weighted by Gasteiger charge is 2.20. The minimum absolute atomic E-state index is 0.219. The number of carbonyl (C=O) groups is 1. The van der Waals surface area contributed by atoms with Gasteiger partial charge in [-0.05, 0) is 106 Å². The molecule has 3 aromatic carbocycles. The molecule has 0 amide bonds. The van der Waals surface area contributed by atoms with Crippen molar-refractivity contribution in [2.24, 2.45) is 5.92 Å². The number of anilines is 3. The van der Waals surface area contributed by atoms with Crippen LogP contribution in [0, 0.1) is 17.6 Å². The van der Waals surface area contributed by atoms with E-state index in [1.54, 1.807) is 12.1 Å². The molecular formula is C31H33F2N5O5S. The van der Waals surface area contributed by atoms with Crippen molar-refractivity contribution < 1.29 is 31.8 Å². The smallest absolute Gasteiger partial charge is 0.290 e. The molecule has 0 radical (unpaired) electrons. The zero-order valence-electron chi connectivity index (χ0n) is 24.0. The first kappa shape index (κ1) is 32.3. The third-order valence-electron chi connectivity index (χ3n) is 7.04. The Labute approximate surface area is 254 Å². The van der Waals surface area contributed by atoms with Gasteiger partial charge in [0, 0.05) is 29.1 Å². The molecule has 4 aromatic rings. The lowest BCUT2D eigenvalue weighted by Crippen LogP contribution is -2.30. The van der Waals surface area contributed by atoms with Gasteiger partial charge in [0.05, 0.1) is 12.3 Å². The van der Waals surface area contributed by atoms with Crippen molar-refractivity contribution in [1.82, 2.24) is 14.9 Å². The van der Waals surface area contributed by atoms with Crippen LogP contribution >= 0.6 is 0 Å².